The zero-order valence-electron chi connectivity index (χ0n) is 16.3. The van der Waals surface area contributed by atoms with Crippen LogP contribution in [0, 0.1) is 12.3 Å². The predicted molar refractivity (Wildman–Crippen MR) is 111 cm³/mol. The number of H-pyrrole nitrogens is 1. The summed E-state index contributed by atoms with van der Waals surface area (Å²) in [6, 6.07) is 12.5. The van der Waals surface area contributed by atoms with E-state index in [-0.39, 0.29) is 5.41 Å². The smallest absolute Gasteiger partial charge is 0.229 e. The first-order valence-corrected chi connectivity index (χ1v) is 10.2. The summed E-state index contributed by atoms with van der Waals surface area (Å²) in [7, 11) is 0. The number of likely N-dealkylation sites (tertiary alicyclic amines) is 1. The first-order valence-electron chi connectivity index (χ1n) is 10.2. The summed E-state index contributed by atoms with van der Waals surface area (Å²) in [6.07, 6.45) is 6.79. The maximum atomic E-state index is 13.3. The van der Waals surface area contributed by atoms with Crippen molar-refractivity contribution in [2.75, 3.05) is 24.5 Å². The van der Waals surface area contributed by atoms with Crippen molar-refractivity contribution >= 4 is 22.5 Å². The van der Waals surface area contributed by atoms with Crippen molar-refractivity contribution < 1.29 is 4.79 Å². The summed E-state index contributed by atoms with van der Waals surface area (Å²) < 4.78 is 0. The van der Waals surface area contributed by atoms with Gasteiger partial charge in [-0.1, -0.05) is 18.2 Å². The van der Waals surface area contributed by atoms with Gasteiger partial charge in [-0.2, -0.15) is 0 Å². The number of rotatable bonds is 3. The zero-order valence-corrected chi connectivity index (χ0v) is 16.3. The molecule has 3 aromatic rings. The molecule has 5 heteroatoms. The Morgan fingerprint density at radius 1 is 1.11 bits per heavy atom. The summed E-state index contributed by atoms with van der Waals surface area (Å²) in [5.74, 6) is 0.350. The van der Waals surface area contributed by atoms with E-state index in [1.807, 2.05) is 19.2 Å². The number of hydrogen-bond acceptors (Lipinski definition) is 3. The number of amides is 1. The van der Waals surface area contributed by atoms with Crippen molar-refractivity contribution in [3.8, 4) is 0 Å². The first-order chi connectivity index (χ1) is 13.6. The number of fused-ring (bicyclic) bond motifs is 1. The Bertz CT molecular complexity index is 1020. The molecular formula is C23H26N4O. The number of anilines is 1. The average Bonchev–Trinajstić information content (AvgIpc) is 3.26. The Balaban J connectivity index is 1.29. The van der Waals surface area contributed by atoms with Crippen LogP contribution in [0.4, 0.5) is 5.69 Å². The second-order valence-electron chi connectivity index (χ2n) is 8.26. The van der Waals surface area contributed by atoms with Crippen LogP contribution in [0.5, 0.6) is 0 Å². The highest BCUT2D eigenvalue weighted by atomic mass is 16.2. The fraction of sp³-hybridized carbons (Fsp3) is 0.391. The highest BCUT2D eigenvalue weighted by molar-refractivity contribution is 5.87. The zero-order chi connectivity index (χ0) is 19.1. The molecule has 28 heavy (non-hydrogen) atoms. The number of nitrogens with zero attached hydrogens (tertiary/aromatic N) is 3. The SMILES string of the molecule is Cc1cc(N2CCC3(CCN(Cc4c[nH]c5ccccc45)C3=O)CC2)ccn1. The second kappa shape index (κ2) is 6.66. The Morgan fingerprint density at radius 3 is 2.71 bits per heavy atom. The number of nitrogens with one attached hydrogen (secondary N) is 1. The van der Waals surface area contributed by atoms with Gasteiger partial charge < -0.3 is 14.8 Å². The van der Waals surface area contributed by atoms with E-state index in [0.717, 1.165) is 50.1 Å². The number of aryl methyl sites for hydroxylation is 1. The first kappa shape index (κ1) is 17.3. The number of piperidine rings is 1. The van der Waals surface area contributed by atoms with Crippen LogP contribution in [0.3, 0.4) is 0 Å². The van der Waals surface area contributed by atoms with Crippen LogP contribution in [0.1, 0.15) is 30.5 Å². The van der Waals surface area contributed by atoms with E-state index in [4.69, 9.17) is 0 Å². The second-order valence-corrected chi connectivity index (χ2v) is 8.26. The molecule has 0 unspecified atom stereocenters. The van der Waals surface area contributed by atoms with Crippen molar-refractivity contribution in [2.24, 2.45) is 5.41 Å². The predicted octanol–water partition coefficient (Wildman–Crippen LogP) is 3.89. The fourth-order valence-electron chi connectivity index (χ4n) is 4.90. The molecule has 2 fully saturated rings. The lowest BCUT2D eigenvalue weighted by molar-refractivity contribution is -0.137. The largest absolute Gasteiger partial charge is 0.371 e. The van der Waals surface area contributed by atoms with Gasteiger partial charge in [0.2, 0.25) is 5.91 Å². The monoisotopic (exact) mass is 374 g/mol. The summed E-state index contributed by atoms with van der Waals surface area (Å²) in [5.41, 5.74) is 4.46. The molecular weight excluding hydrogens is 348 g/mol. The van der Waals surface area contributed by atoms with Gasteiger partial charge in [-0.05, 0) is 49.9 Å². The van der Waals surface area contributed by atoms with E-state index in [9.17, 15) is 4.79 Å². The molecule has 5 nitrogen and oxygen atoms in total. The molecule has 144 valence electrons. The molecule has 5 rings (SSSR count). The van der Waals surface area contributed by atoms with Crippen LogP contribution in [-0.4, -0.2) is 40.4 Å². The number of carbonyl (C=O) groups excluding carboxylic acids is 1. The standard InChI is InChI=1S/C23H26N4O/c1-17-14-19(6-10-24-17)26-11-7-23(8-12-26)9-13-27(22(23)28)16-18-15-25-21-5-3-2-4-20(18)21/h2-6,10,14-15,25H,7-9,11-13,16H2,1H3. The quantitative estimate of drug-likeness (QED) is 0.757. The molecule has 0 aliphatic carbocycles. The van der Waals surface area contributed by atoms with Crippen LogP contribution in [0.2, 0.25) is 0 Å². The molecule has 1 N–H and O–H groups in total. The van der Waals surface area contributed by atoms with E-state index in [2.05, 4.69) is 56.3 Å². The molecule has 0 radical (unpaired) electrons. The Hall–Kier alpha value is -2.82. The van der Waals surface area contributed by atoms with Gasteiger partial charge in [-0.15, -0.1) is 0 Å². The topological polar surface area (TPSA) is 52.2 Å². The molecule has 1 aromatic carbocycles. The van der Waals surface area contributed by atoms with Crippen molar-refractivity contribution in [3.05, 3.63) is 60.0 Å². The van der Waals surface area contributed by atoms with E-state index < -0.39 is 0 Å². The molecule has 4 heterocycles. The van der Waals surface area contributed by atoms with Crippen molar-refractivity contribution in [1.29, 1.82) is 0 Å². The molecule has 2 saturated heterocycles. The van der Waals surface area contributed by atoms with Crippen LogP contribution >= 0.6 is 0 Å². The van der Waals surface area contributed by atoms with Crippen molar-refractivity contribution in [3.63, 3.8) is 0 Å². The van der Waals surface area contributed by atoms with Crippen LogP contribution in [0.15, 0.2) is 48.8 Å². The van der Waals surface area contributed by atoms with E-state index in [1.165, 1.54) is 16.6 Å². The molecule has 0 bridgehead atoms. The van der Waals surface area contributed by atoms with Gasteiger partial charge in [0.25, 0.3) is 0 Å². The minimum Gasteiger partial charge on any atom is -0.371 e. The number of hydrogen-bond donors (Lipinski definition) is 1. The number of carbonyl (C=O) groups is 1. The van der Waals surface area contributed by atoms with Gasteiger partial charge in [0, 0.05) is 60.9 Å². The van der Waals surface area contributed by atoms with Crippen LogP contribution in [0.25, 0.3) is 10.9 Å². The van der Waals surface area contributed by atoms with Crippen LogP contribution in [-0.2, 0) is 11.3 Å². The fourth-order valence-corrected chi connectivity index (χ4v) is 4.90. The summed E-state index contributed by atoms with van der Waals surface area (Å²) in [6.45, 7) is 5.48. The summed E-state index contributed by atoms with van der Waals surface area (Å²) >= 11 is 0. The van der Waals surface area contributed by atoms with E-state index in [0.29, 0.717) is 12.5 Å². The molecule has 2 aliphatic heterocycles. The molecule has 2 aromatic heterocycles. The van der Waals surface area contributed by atoms with Gasteiger partial charge in [-0.25, -0.2) is 0 Å². The highest BCUT2D eigenvalue weighted by Gasteiger charge is 2.48. The average molecular weight is 374 g/mol. The van der Waals surface area contributed by atoms with Gasteiger partial charge in [0.1, 0.15) is 0 Å². The number of benzene rings is 1. The van der Waals surface area contributed by atoms with Gasteiger partial charge >= 0.3 is 0 Å². The number of aromatic nitrogens is 2. The number of pyridine rings is 1. The molecule has 1 spiro atoms. The minimum atomic E-state index is -0.162. The normalized spacial score (nSPS) is 19.1. The lowest BCUT2D eigenvalue weighted by Crippen LogP contribution is -2.44. The highest BCUT2D eigenvalue weighted by Crippen LogP contribution is 2.43. The Kier molecular flexibility index (Phi) is 4.11. The van der Waals surface area contributed by atoms with Gasteiger partial charge in [-0.3, -0.25) is 9.78 Å². The van der Waals surface area contributed by atoms with Crippen molar-refractivity contribution in [2.45, 2.75) is 32.7 Å². The third-order valence-corrected chi connectivity index (χ3v) is 6.60. The third kappa shape index (κ3) is 2.86. The van der Waals surface area contributed by atoms with E-state index in [1.54, 1.807) is 0 Å². The van der Waals surface area contributed by atoms with Gasteiger partial charge in [0.15, 0.2) is 0 Å². The molecule has 2 aliphatic rings. The molecule has 0 atom stereocenters. The van der Waals surface area contributed by atoms with Crippen LogP contribution < -0.4 is 4.90 Å². The van der Waals surface area contributed by atoms with Crippen molar-refractivity contribution in [1.82, 2.24) is 14.9 Å². The Morgan fingerprint density at radius 2 is 1.89 bits per heavy atom. The molecule has 1 amide bonds. The maximum Gasteiger partial charge on any atom is 0.229 e. The Labute approximate surface area is 165 Å². The molecule has 0 saturated carbocycles. The summed E-state index contributed by atoms with van der Waals surface area (Å²) in [5, 5.41) is 1.22. The number of para-hydroxylation sites is 1. The lowest BCUT2D eigenvalue weighted by Gasteiger charge is -2.39. The van der Waals surface area contributed by atoms with Gasteiger partial charge in [0.05, 0.1) is 5.41 Å². The number of aromatic amines is 1. The van der Waals surface area contributed by atoms with E-state index >= 15 is 0 Å². The third-order valence-electron chi connectivity index (χ3n) is 6.60. The summed E-state index contributed by atoms with van der Waals surface area (Å²) in [4.78, 5) is 25.4. The maximum absolute atomic E-state index is 13.3. The minimum absolute atomic E-state index is 0.162. The lowest BCUT2D eigenvalue weighted by atomic mass is 9.77.